The normalized spacial score (nSPS) is 21.1. The van der Waals surface area contributed by atoms with Crippen LogP contribution < -0.4 is 10.0 Å². The van der Waals surface area contributed by atoms with Crippen LogP contribution in [0.3, 0.4) is 0 Å². The summed E-state index contributed by atoms with van der Waals surface area (Å²) in [7, 11) is 0. The molecule has 0 radical (unpaired) electrons. The zero-order valence-electron chi connectivity index (χ0n) is 11.8. The Balaban J connectivity index is 0.000000224. The number of carboxylic acids is 1. The third-order valence-electron chi connectivity index (χ3n) is 3.44. The average Bonchev–Trinajstić information content (AvgIpc) is 2.39. The van der Waals surface area contributed by atoms with E-state index in [0.29, 0.717) is 12.2 Å². The lowest BCUT2D eigenvalue weighted by Crippen LogP contribution is -3.11. The molecule has 0 aliphatic carbocycles. The second kappa shape index (κ2) is 7.55. The van der Waals surface area contributed by atoms with Crippen LogP contribution in [0.25, 0.3) is 0 Å². The van der Waals surface area contributed by atoms with Crippen LogP contribution in [0, 0.1) is 0 Å². The number of carbonyl (C=O) groups is 2. The Hall–Kier alpha value is -1.01. The van der Waals surface area contributed by atoms with Gasteiger partial charge in [0, 0.05) is 5.75 Å². The first-order chi connectivity index (χ1) is 9.04. The molecule has 2 aliphatic heterocycles. The Bertz CT molecular complexity index is 361. The van der Waals surface area contributed by atoms with Crippen molar-refractivity contribution in [3.05, 3.63) is 11.8 Å². The summed E-state index contributed by atoms with van der Waals surface area (Å²) in [6, 6.07) is 0. The van der Waals surface area contributed by atoms with Crippen molar-refractivity contribution in [1.82, 2.24) is 4.90 Å². The van der Waals surface area contributed by atoms with Gasteiger partial charge in [-0.3, -0.25) is 9.69 Å². The SMILES string of the molecule is CC[NH+](CC)CC.O=C([O-])C1=CCSC2CC(=O)N12. The van der Waals surface area contributed by atoms with Crippen LogP contribution in [0.1, 0.15) is 27.2 Å². The Morgan fingerprint density at radius 1 is 1.42 bits per heavy atom. The summed E-state index contributed by atoms with van der Waals surface area (Å²) in [5, 5.41) is 10.5. The number of amides is 1. The Morgan fingerprint density at radius 3 is 2.32 bits per heavy atom. The van der Waals surface area contributed by atoms with Gasteiger partial charge in [-0.1, -0.05) is 0 Å². The number of carboxylic acid groups (broad SMARTS) is 1. The summed E-state index contributed by atoms with van der Waals surface area (Å²) >= 11 is 1.58. The third kappa shape index (κ3) is 3.98. The summed E-state index contributed by atoms with van der Waals surface area (Å²) in [6.07, 6.45) is 1.98. The quantitative estimate of drug-likeness (QED) is 0.663. The van der Waals surface area contributed by atoms with Crippen LogP contribution in [-0.4, -0.2) is 47.5 Å². The van der Waals surface area contributed by atoms with Gasteiger partial charge >= 0.3 is 0 Å². The van der Waals surface area contributed by atoms with Gasteiger partial charge in [-0.2, -0.15) is 0 Å². The molecular weight excluding hydrogens is 264 g/mol. The minimum absolute atomic E-state index is 0.0370. The highest BCUT2D eigenvalue weighted by atomic mass is 32.2. The second-order valence-electron chi connectivity index (χ2n) is 4.44. The first-order valence-corrected chi connectivity index (χ1v) is 7.78. The monoisotopic (exact) mass is 286 g/mol. The molecule has 0 saturated carbocycles. The van der Waals surface area contributed by atoms with Crippen LogP contribution in [0.15, 0.2) is 11.8 Å². The maximum atomic E-state index is 11.0. The average molecular weight is 286 g/mol. The highest BCUT2D eigenvalue weighted by molar-refractivity contribution is 8.00. The van der Waals surface area contributed by atoms with Gasteiger partial charge in [0.1, 0.15) is 0 Å². The molecule has 108 valence electrons. The maximum Gasteiger partial charge on any atom is 0.230 e. The van der Waals surface area contributed by atoms with Crippen molar-refractivity contribution in [2.75, 3.05) is 25.4 Å². The third-order valence-corrected chi connectivity index (χ3v) is 4.56. The van der Waals surface area contributed by atoms with Crippen molar-refractivity contribution in [1.29, 1.82) is 0 Å². The number of quaternary nitrogens is 1. The summed E-state index contributed by atoms with van der Waals surface area (Å²) in [4.78, 5) is 24.4. The molecular formula is C13H22N2O3S. The topological polar surface area (TPSA) is 64.9 Å². The van der Waals surface area contributed by atoms with Crippen molar-refractivity contribution in [3.63, 3.8) is 0 Å². The lowest BCUT2D eigenvalue weighted by atomic mass is 10.1. The highest BCUT2D eigenvalue weighted by Gasteiger charge is 2.40. The number of β-lactam (4-membered cyclic amide) rings is 1. The van der Waals surface area contributed by atoms with E-state index in [4.69, 9.17) is 0 Å². The fourth-order valence-corrected chi connectivity index (χ4v) is 3.20. The molecule has 0 aromatic rings. The van der Waals surface area contributed by atoms with Crippen LogP contribution in [-0.2, 0) is 9.59 Å². The number of carbonyl (C=O) groups excluding carboxylic acids is 2. The number of nitrogens with one attached hydrogen (secondary N) is 1. The molecule has 0 aromatic carbocycles. The first kappa shape index (κ1) is 16.0. The predicted molar refractivity (Wildman–Crippen MR) is 73.4 cm³/mol. The van der Waals surface area contributed by atoms with Crippen molar-refractivity contribution < 1.29 is 19.6 Å². The molecule has 1 amide bonds. The number of hydrogen-bond acceptors (Lipinski definition) is 4. The molecule has 0 bridgehead atoms. The number of aliphatic carboxylic acids is 1. The van der Waals surface area contributed by atoms with E-state index >= 15 is 0 Å². The number of nitrogens with zero attached hydrogens (tertiary/aromatic N) is 1. The molecule has 1 saturated heterocycles. The van der Waals surface area contributed by atoms with Gasteiger partial charge in [-0.15, -0.1) is 11.8 Å². The molecule has 6 heteroatoms. The van der Waals surface area contributed by atoms with E-state index in [9.17, 15) is 14.7 Å². The van der Waals surface area contributed by atoms with E-state index in [1.54, 1.807) is 16.7 Å². The van der Waals surface area contributed by atoms with Gasteiger partial charge in [0.15, 0.2) is 0 Å². The van der Waals surface area contributed by atoms with Crippen molar-refractivity contribution >= 4 is 23.6 Å². The zero-order valence-corrected chi connectivity index (χ0v) is 12.6. The standard InChI is InChI=1S/C7H7NO3S.C6H15N/c9-5-3-6-8(5)4(7(10)11)1-2-12-6;1-4-7(5-2)6-3/h1,6H,2-3H2,(H,10,11);4-6H2,1-3H3. The fraction of sp³-hybridized carbons (Fsp3) is 0.692. The molecule has 0 spiro atoms. The minimum atomic E-state index is -1.26. The highest BCUT2D eigenvalue weighted by Crippen LogP contribution is 2.36. The van der Waals surface area contributed by atoms with Crippen molar-refractivity contribution in [2.24, 2.45) is 0 Å². The summed E-state index contributed by atoms with van der Waals surface area (Å²) < 4.78 is 0. The first-order valence-electron chi connectivity index (χ1n) is 6.73. The molecule has 2 aliphatic rings. The smallest absolute Gasteiger partial charge is 0.230 e. The van der Waals surface area contributed by atoms with Gasteiger partial charge in [0.2, 0.25) is 5.91 Å². The molecule has 1 atom stereocenters. The Labute approximate surface area is 118 Å². The van der Waals surface area contributed by atoms with E-state index < -0.39 is 5.97 Å². The van der Waals surface area contributed by atoms with E-state index in [-0.39, 0.29) is 17.0 Å². The summed E-state index contributed by atoms with van der Waals surface area (Å²) in [6.45, 7) is 10.5. The van der Waals surface area contributed by atoms with Gasteiger partial charge < -0.3 is 14.8 Å². The molecule has 1 fully saturated rings. The number of hydrogen-bond donors (Lipinski definition) is 1. The molecule has 1 unspecified atom stereocenters. The molecule has 2 heterocycles. The largest absolute Gasteiger partial charge is 0.543 e. The zero-order chi connectivity index (χ0) is 14.4. The van der Waals surface area contributed by atoms with Gasteiger partial charge in [-0.25, -0.2) is 0 Å². The number of thioether (sulfide) groups is 1. The molecule has 2 rings (SSSR count). The molecule has 1 N–H and O–H groups in total. The maximum absolute atomic E-state index is 11.0. The lowest BCUT2D eigenvalue weighted by molar-refractivity contribution is -0.894. The second-order valence-corrected chi connectivity index (χ2v) is 5.65. The minimum Gasteiger partial charge on any atom is -0.543 e. The van der Waals surface area contributed by atoms with Gasteiger partial charge in [-0.05, 0) is 26.8 Å². The summed E-state index contributed by atoms with van der Waals surface area (Å²) in [5.74, 6) is -0.728. The van der Waals surface area contributed by atoms with E-state index in [0.717, 1.165) is 0 Å². The van der Waals surface area contributed by atoms with Gasteiger partial charge in [0.25, 0.3) is 0 Å². The van der Waals surface area contributed by atoms with Crippen molar-refractivity contribution in [2.45, 2.75) is 32.6 Å². The van der Waals surface area contributed by atoms with Crippen LogP contribution in [0.4, 0.5) is 0 Å². The van der Waals surface area contributed by atoms with E-state index in [1.807, 2.05) is 0 Å². The Morgan fingerprint density at radius 2 is 2.00 bits per heavy atom. The summed E-state index contributed by atoms with van der Waals surface area (Å²) in [5.41, 5.74) is 0.0370. The van der Waals surface area contributed by atoms with Crippen molar-refractivity contribution in [3.8, 4) is 0 Å². The molecule has 0 aromatic heterocycles. The van der Waals surface area contributed by atoms with Gasteiger partial charge in [0.05, 0.1) is 43.1 Å². The number of rotatable bonds is 4. The molecule has 19 heavy (non-hydrogen) atoms. The number of fused-ring (bicyclic) bond motifs is 1. The molecule has 5 nitrogen and oxygen atoms in total. The van der Waals surface area contributed by atoms with Crippen LogP contribution in [0.5, 0.6) is 0 Å². The lowest BCUT2D eigenvalue weighted by Gasteiger charge is -2.43. The van der Waals surface area contributed by atoms with Crippen LogP contribution in [0.2, 0.25) is 0 Å². The fourth-order valence-electron chi connectivity index (χ4n) is 2.08. The van der Waals surface area contributed by atoms with E-state index in [1.165, 1.54) is 30.6 Å². The van der Waals surface area contributed by atoms with Crippen LogP contribution >= 0.6 is 11.8 Å². The van der Waals surface area contributed by atoms with E-state index in [2.05, 4.69) is 20.8 Å². The Kier molecular flexibility index (Phi) is 6.37. The predicted octanol–water partition coefficient (Wildman–Crippen LogP) is -1.14.